The van der Waals surface area contributed by atoms with Crippen LogP contribution in [0, 0.1) is 17.6 Å². The third-order valence-corrected chi connectivity index (χ3v) is 7.36. The van der Waals surface area contributed by atoms with Crippen LogP contribution in [0.1, 0.15) is 42.3 Å². The number of anilines is 1. The Balaban J connectivity index is 1.38. The molecule has 0 spiro atoms. The van der Waals surface area contributed by atoms with Crippen molar-refractivity contribution in [2.75, 3.05) is 24.5 Å². The number of carbonyl (C=O) groups is 1. The Morgan fingerprint density at radius 1 is 0.853 bits per heavy atom. The zero-order chi connectivity index (χ0) is 23.7. The monoisotopic (exact) mass is 480 g/mol. The number of halogens is 3. The van der Waals surface area contributed by atoms with E-state index in [0.717, 1.165) is 32.0 Å². The number of piperidine rings is 1. The van der Waals surface area contributed by atoms with Crippen LogP contribution in [0.25, 0.3) is 0 Å². The standard InChI is InChI=1S/C28H27ClF2N2O/c29-23-6-8-26(9-7-23)33-27(34)16-22(28(33)21-14-24(30)17-25(31)15-21)18-32-12-10-20(11-13-32)19-4-2-1-3-5-19/h1-9,14-15,17,20,22,28H,10-13,16,18H2/t22-,28-/m0/s1. The number of hydrogen-bond donors (Lipinski definition) is 0. The van der Waals surface area contributed by atoms with E-state index >= 15 is 0 Å². The molecule has 2 fully saturated rings. The van der Waals surface area contributed by atoms with Crippen LogP contribution < -0.4 is 4.90 Å². The van der Waals surface area contributed by atoms with E-state index in [4.69, 9.17) is 11.6 Å². The second-order valence-electron chi connectivity index (χ2n) is 9.34. The number of carbonyl (C=O) groups excluding carboxylic acids is 1. The lowest BCUT2D eigenvalue weighted by Gasteiger charge is -2.36. The SMILES string of the molecule is O=C1C[C@@H](CN2CCC(c3ccccc3)CC2)[C@H](c2cc(F)cc(F)c2)N1c1ccc(Cl)cc1. The quantitative estimate of drug-likeness (QED) is 0.411. The molecular weight excluding hydrogens is 454 g/mol. The minimum Gasteiger partial charge on any atom is -0.305 e. The van der Waals surface area contributed by atoms with Gasteiger partial charge in [-0.15, -0.1) is 0 Å². The Kier molecular flexibility index (Phi) is 6.66. The topological polar surface area (TPSA) is 23.6 Å². The van der Waals surface area contributed by atoms with Crippen LogP contribution in [-0.2, 0) is 4.79 Å². The zero-order valence-electron chi connectivity index (χ0n) is 18.8. The van der Waals surface area contributed by atoms with Gasteiger partial charge in [0.25, 0.3) is 0 Å². The molecule has 6 heteroatoms. The van der Waals surface area contributed by atoms with Gasteiger partial charge in [0.2, 0.25) is 5.91 Å². The van der Waals surface area contributed by atoms with Gasteiger partial charge in [-0.1, -0.05) is 41.9 Å². The lowest BCUT2D eigenvalue weighted by Crippen LogP contribution is -2.38. The van der Waals surface area contributed by atoms with Crippen LogP contribution in [-0.4, -0.2) is 30.4 Å². The van der Waals surface area contributed by atoms with E-state index in [9.17, 15) is 13.6 Å². The van der Waals surface area contributed by atoms with Crippen LogP contribution in [0.5, 0.6) is 0 Å². The van der Waals surface area contributed by atoms with Gasteiger partial charge in [0.05, 0.1) is 6.04 Å². The fourth-order valence-electron chi connectivity index (χ4n) is 5.54. The van der Waals surface area contributed by atoms with Crippen molar-refractivity contribution < 1.29 is 13.6 Å². The summed E-state index contributed by atoms with van der Waals surface area (Å²) >= 11 is 6.05. The Morgan fingerprint density at radius 2 is 1.50 bits per heavy atom. The first-order valence-corrected chi connectivity index (χ1v) is 12.2. The maximum Gasteiger partial charge on any atom is 0.227 e. The Hall–Kier alpha value is -2.76. The van der Waals surface area contributed by atoms with Crippen LogP contribution >= 0.6 is 11.6 Å². The van der Waals surface area contributed by atoms with Gasteiger partial charge in [-0.2, -0.15) is 0 Å². The highest BCUT2D eigenvalue weighted by molar-refractivity contribution is 6.30. The van der Waals surface area contributed by atoms with E-state index in [1.165, 1.54) is 17.7 Å². The molecule has 176 valence electrons. The van der Waals surface area contributed by atoms with E-state index in [2.05, 4.69) is 29.2 Å². The highest BCUT2D eigenvalue weighted by Crippen LogP contribution is 2.43. The van der Waals surface area contributed by atoms with Gasteiger partial charge in [0, 0.05) is 35.7 Å². The summed E-state index contributed by atoms with van der Waals surface area (Å²) in [6.07, 6.45) is 2.46. The van der Waals surface area contributed by atoms with Crippen molar-refractivity contribution in [3.05, 3.63) is 101 Å². The number of amides is 1. The predicted molar refractivity (Wildman–Crippen MR) is 131 cm³/mol. The molecule has 0 unspecified atom stereocenters. The molecule has 0 aromatic heterocycles. The van der Waals surface area contributed by atoms with Crippen molar-refractivity contribution in [3.8, 4) is 0 Å². The van der Waals surface area contributed by atoms with Gasteiger partial charge in [0.15, 0.2) is 0 Å². The first-order valence-electron chi connectivity index (χ1n) is 11.8. The summed E-state index contributed by atoms with van der Waals surface area (Å²) in [5.74, 6) is -0.833. The van der Waals surface area contributed by atoms with Gasteiger partial charge in [0.1, 0.15) is 11.6 Å². The van der Waals surface area contributed by atoms with E-state index in [-0.39, 0.29) is 11.8 Å². The third-order valence-electron chi connectivity index (χ3n) is 7.11. The van der Waals surface area contributed by atoms with Gasteiger partial charge in [-0.25, -0.2) is 8.78 Å². The largest absolute Gasteiger partial charge is 0.305 e. The maximum absolute atomic E-state index is 14.2. The molecule has 34 heavy (non-hydrogen) atoms. The highest BCUT2D eigenvalue weighted by Gasteiger charge is 2.42. The van der Waals surface area contributed by atoms with Crippen LogP contribution in [0.2, 0.25) is 5.02 Å². The maximum atomic E-state index is 14.2. The molecule has 1 amide bonds. The summed E-state index contributed by atoms with van der Waals surface area (Å²) in [7, 11) is 0. The molecule has 3 aromatic rings. The second kappa shape index (κ2) is 9.85. The fourth-order valence-corrected chi connectivity index (χ4v) is 5.67. The molecule has 3 nitrogen and oxygen atoms in total. The average molecular weight is 481 g/mol. The molecular formula is C28H27ClF2N2O. The fraction of sp³-hybridized carbons (Fsp3) is 0.321. The smallest absolute Gasteiger partial charge is 0.227 e. The Bertz CT molecular complexity index is 1130. The van der Waals surface area contributed by atoms with Gasteiger partial charge in [-0.3, -0.25) is 4.79 Å². The first-order chi connectivity index (χ1) is 16.5. The molecule has 0 aliphatic carbocycles. The van der Waals surface area contributed by atoms with E-state index in [1.54, 1.807) is 29.2 Å². The van der Waals surface area contributed by atoms with Crippen molar-refractivity contribution in [2.24, 2.45) is 5.92 Å². The highest BCUT2D eigenvalue weighted by atomic mass is 35.5. The Labute approximate surface area is 203 Å². The van der Waals surface area contributed by atoms with E-state index in [0.29, 0.717) is 35.2 Å². The molecule has 5 rings (SSSR count). The van der Waals surface area contributed by atoms with Crippen molar-refractivity contribution in [1.82, 2.24) is 4.90 Å². The van der Waals surface area contributed by atoms with Crippen molar-refractivity contribution >= 4 is 23.2 Å². The molecule has 0 saturated carbocycles. The zero-order valence-corrected chi connectivity index (χ0v) is 19.6. The van der Waals surface area contributed by atoms with Crippen LogP contribution in [0.3, 0.4) is 0 Å². The number of likely N-dealkylation sites (tertiary alicyclic amines) is 1. The van der Waals surface area contributed by atoms with E-state index in [1.807, 2.05) is 6.07 Å². The van der Waals surface area contributed by atoms with Crippen molar-refractivity contribution in [2.45, 2.75) is 31.2 Å². The minimum atomic E-state index is -0.632. The molecule has 0 radical (unpaired) electrons. The van der Waals surface area contributed by atoms with Crippen molar-refractivity contribution in [1.29, 1.82) is 0 Å². The molecule has 2 saturated heterocycles. The van der Waals surface area contributed by atoms with Gasteiger partial charge < -0.3 is 9.80 Å². The summed E-state index contributed by atoms with van der Waals surface area (Å²) in [6, 6.07) is 20.8. The molecule has 0 bridgehead atoms. The van der Waals surface area contributed by atoms with Crippen LogP contribution in [0.15, 0.2) is 72.8 Å². The lowest BCUT2D eigenvalue weighted by molar-refractivity contribution is -0.117. The summed E-state index contributed by atoms with van der Waals surface area (Å²) in [6.45, 7) is 2.59. The lowest BCUT2D eigenvalue weighted by atomic mass is 9.88. The molecule has 2 aliphatic heterocycles. The first kappa shape index (κ1) is 23.0. The molecule has 0 N–H and O–H groups in total. The summed E-state index contributed by atoms with van der Waals surface area (Å²) in [4.78, 5) is 17.3. The van der Waals surface area contributed by atoms with Crippen molar-refractivity contribution in [3.63, 3.8) is 0 Å². The number of hydrogen-bond acceptors (Lipinski definition) is 2. The number of rotatable bonds is 5. The average Bonchev–Trinajstić information content (AvgIpc) is 3.15. The Morgan fingerprint density at radius 3 is 2.15 bits per heavy atom. The number of benzene rings is 3. The predicted octanol–water partition coefficient (Wildman–Crippen LogP) is 6.59. The third kappa shape index (κ3) is 4.86. The molecule has 3 aromatic carbocycles. The van der Waals surface area contributed by atoms with Crippen LogP contribution in [0.4, 0.5) is 14.5 Å². The summed E-state index contributed by atoms with van der Waals surface area (Å²) < 4.78 is 28.4. The second-order valence-corrected chi connectivity index (χ2v) is 9.77. The normalized spacial score (nSPS) is 21.9. The van der Waals surface area contributed by atoms with Gasteiger partial charge in [-0.05, 0) is 79.4 Å². The molecule has 2 aliphatic rings. The summed E-state index contributed by atoms with van der Waals surface area (Å²) in [5.41, 5.74) is 2.55. The summed E-state index contributed by atoms with van der Waals surface area (Å²) in [5, 5.41) is 0.571. The van der Waals surface area contributed by atoms with E-state index < -0.39 is 17.7 Å². The number of nitrogens with zero attached hydrogens (tertiary/aromatic N) is 2. The molecule has 2 heterocycles. The minimum absolute atomic E-state index is 0.0406. The molecule has 2 atom stereocenters. The van der Waals surface area contributed by atoms with Gasteiger partial charge >= 0.3 is 0 Å².